The fourth-order valence-electron chi connectivity index (χ4n) is 1.22. The molecule has 7 nitrogen and oxygen atoms in total. The Morgan fingerprint density at radius 2 is 1.85 bits per heavy atom. The molecule has 0 aliphatic rings. The van der Waals surface area contributed by atoms with Gasteiger partial charge >= 0.3 is 18.0 Å². The van der Waals surface area contributed by atoms with E-state index in [-0.39, 0.29) is 18.9 Å². The van der Waals surface area contributed by atoms with Crippen LogP contribution >= 0.6 is 11.6 Å². The maximum atomic E-state index is 11.6. The van der Waals surface area contributed by atoms with Crippen molar-refractivity contribution >= 4 is 29.6 Å². The van der Waals surface area contributed by atoms with Gasteiger partial charge in [-0.15, -0.1) is 0 Å². The summed E-state index contributed by atoms with van der Waals surface area (Å²) in [6.07, 6.45) is -0.797. The topological polar surface area (TPSA) is 90.9 Å². The molecule has 0 fully saturated rings. The molecule has 116 valence electrons. The second-order valence-electron chi connectivity index (χ2n) is 4.89. The minimum atomic E-state index is -1.03. The fraction of sp³-hybridized carbons (Fsp3) is 0.750. The Bertz CT molecular complexity index is 352. The van der Waals surface area contributed by atoms with Gasteiger partial charge in [0.2, 0.25) is 0 Å². The average Bonchev–Trinajstić information content (AvgIpc) is 2.31. The first-order valence-electron chi connectivity index (χ1n) is 5.98. The number of rotatable bonds is 6. The summed E-state index contributed by atoms with van der Waals surface area (Å²) in [4.78, 5) is 34.3. The molecule has 1 amide bonds. The summed E-state index contributed by atoms with van der Waals surface area (Å²) in [6, 6.07) is -1.37. The van der Waals surface area contributed by atoms with E-state index in [9.17, 15) is 14.4 Å². The minimum Gasteiger partial charge on any atom is -0.469 e. The standard InChI is InChI=1S/C12H20ClNO6/c1-12(2,3)20-11(17)14-8(10(16)19-7-13)5-6-9(15)18-4/h8H,5-7H2,1-4H3,(H,14,17). The molecule has 0 aromatic carbocycles. The van der Waals surface area contributed by atoms with Crippen molar-refractivity contribution in [3.8, 4) is 0 Å². The van der Waals surface area contributed by atoms with Crippen LogP contribution in [0.1, 0.15) is 33.6 Å². The van der Waals surface area contributed by atoms with Crippen molar-refractivity contribution in [1.29, 1.82) is 0 Å². The smallest absolute Gasteiger partial charge is 0.408 e. The summed E-state index contributed by atoms with van der Waals surface area (Å²) in [5.41, 5.74) is -0.701. The largest absolute Gasteiger partial charge is 0.469 e. The van der Waals surface area contributed by atoms with Gasteiger partial charge in [0.1, 0.15) is 11.6 Å². The van der Waals surface area contributed by atoms with Crippen molar-refractivity contribution in [2.75, 3.05) is 13.2 Å². The summed E-state index contributed by atoms with van der Waals surface area (Å²) >= 11 is 5.29. The number of amides is 1. The lowest BCUT2D eigenvalue weighted by atomic mass is 10.1. The predicted octanol–water partition coefficient (Wildman–Crippen LogP) is 1.57. The summed E-state index contributed by atoms with van der Waals surface area (Å²) in [6.45, 7) is 5.06. The Morgan fingerprint density at radius 3 is 2.30 bits per heavy atom. The van der Waals surface area contributed by atoms with Crippen molar-refractivity contribution in [2.24, 2.45) is 0 Å². The van der Waals surface area contributed by atoms with E-state index in [0.717, 1.165) is 0 Å². The van der Waals surface area contributed by atoms with Crippen molar-refractivity contribution < 1.29 is 28.6 Å². The summed E-state index contributed by atoms with van der Waals surface area (Å²) < 4.78 is 14.1. The van der Waals surface area contributed by atoms with Crippen LogP contribution in [0.3, 0.4) is 0 Å². The van der Waals surface area contributed by atoms with Crippen LogP contribution in [0.2, 0.25) is 0 Å². The molecule has 1 N–H and O–H groups in total. The molecule has 20 heavy (non-hydrogen) atoms. The number of alkyl carbamates (subject to hydrolysis) is 1. The van der Waals surface area contributed by atoms with Gasteiger partial charge in [-0.05, 0) is 27.2 Å². The maximum Gasteiger partial charge on any atom is 0.408 e. The van der Waals surface area contributed by atoms with Crippen LogP contribution in [0.15, 0.2) is 0 Å². The van der Waals surface area contributed by atoms with Crippen molar-refractivity contribution in [1.82, 2.24) is 5.32 Å². The monoisotopic (exact) mass is 309 g/mol. The average molecular weight is 310 g/mol. The van der Waals surface area contributed by atoms with Crippen molar-refractivity contribution in [3.63, 3.8) is 0 Å². The number of nitrogens with one attached hydrogen (secondary N) is 1. The maximum absolute atomic E-state index is 11.6. The molecular weight excluding hydrogens is 290 g/mol. The Morgan fingerprint density at radius 1 is 1.25 bits per heavy atom. The first-order chi connectivity index (χ1) is 9.19. The van der Waals surface area contributed by atoms with Gasteiger partial charge in [0.25, 0.3) is 0 Å². The van der Waals surface area contributed by atoms with E-state index in [1.165, 1.54) is 7.11 Å². The zero-order valence-corrected chi connectivity index (χ0v) is 12.8. The lowest BCUT2D eigenvalue weighted by molar-refractivity contribution is -0.145. The van der Waals surface area contributed by atoms with Crippen LogP contribution in [0.25, 0.3) is 0 Å². The van der Waals surface area contributed by atoms with E-state index in [2.05, 4.69) is 14.8 Å². The molecule has 0 aliphatic carbocycles. The van der Waals surface area contributed by atoms with Crippen LogP contribution < -0.4 is 5.32 Å². The highest BCUT2D eigenvalue weighted by molar-refractivity contribution is 6.17. The Kier molecular flexibility index (Phi) is 7.98. The zero-order chi connectivity index (χ0) is 15.8. The molecule has 0 bridgehead atoms. The molecule has 0 aromatic heterocycles. The Balaban J connectivity index is 4.56. The zero-order valence-electron chi connectivity index (χ0n) is 12.0. The molecule has 0 saturated carbocycles. The highest BCUT2D eigenvalue weighted by Crippen LogP contribution is 2.08. The minimum absolute atomic E-state index is 0.0294. The molecular formula is C12H20ClNO6. The lowest BCUT2D eigenvalue weighted by Crippen LogP contribution is -2.44. The van der Waals surface area contributed by atoms with E-state index in [0.29, 0.717) is 0 Å². The van der Waals surface area contributed by atoms with E-state index in [1.54, 1.807) is 20.8 Å². The van der Waals surface area contributed by atoms with Crippen LogP contribution in [0.4, 0.5) is 4.79 Å². The number of alkyl halides is 1. The molecule has 0 spiro atoms. The number of hydrogen-bond acceptors (Lipinski definition) is 6. The third-order valence-corrected chi connectivity index (χ3v) is 2.15. The predicted molar refractivity (Wildman–Crippen MR) is 71.2 cm³/mol. The van der Waals surface area contributed by atoms with Gasteiger partial charge in [0.15, 0.2) is 6.07 Å². The Labute approximate surface area is 122 Å². The molecule has 0 saturated heterocycles. The first-order valence-corrected chi connectivity index (χ1v) is 6.52. The van der Waals surface area contributed by atoms with Crippen LogP contribution in [-0.2, 0) is 23.8 Å². The number of carbonyl (C=O) groups is 3. The summed E-state index contributed by atoms with van der Waals surface area (Å²) in [5, 5.41) is 2.34. The normalized spacial score (nSPS) is 12.2. The molecule has 0 rings (SSSR count). The fourth-order valence-corrected chi connectivity index (χ4v) is 1.32. The number of esters is 2. The second kappa shape index (κ2) is 8.63. The molecule has 1 atom stereocenters. The van der Waals surface area contributed by atoms with Crippen LogP contribution in [0.5, 0.6) is 0 Å². The van der Waals surface area contributed by atoms with E-state index >= 15 is 0 Å². The number of methoxy groups -OCH3 is 1. The molecule has 0 radical (unpaired) electrons. The SMILES string of the molecule is COC(=O)CCC(NC(=O)OC(C)(C)C)C(=O)OCCl. The van der Waals surface area contributed by atoms with E-state index in [4.69, 9.17) is 16.3 Å². The van der Waals surface area contributed by atoms with Gasteiger partial charge in [-0.2, -0.15) is 0 Å². The number of hydrogen-bond donors (Lipinski definition) is 1. The third-order valence-electron chi connectivity index (χ3n) is 2.04. The highest BCUT2D eigenvalue weighted by Gasteiger charge is 2.26. The van der Waals surface area contributed by atoms with Gasteiger partial charge in [0.05, 0.1) is 7.11 Å². The summed E-state index contributed by atoms with van der Waals surface area (Å²) in [7, 11) is 1.23. The first kappa shape index (κ1) is 18.5. The third kappa shape index (κ3) is 8.58. The second-order valence-corrected chi connectivity index (χ2v) is 5.10. The van der Waals surface area contributed by atoms with Crippen molar-refractivity contribution in [2.45, 2.75) is 45.3 Å². The summed E-state index contributed by atoms with van der Waals surface area (Å²) in [5.74, 6) is -1.24. The van der Waals surface area contributed by atoms with E-state index in [1.807, 2.05) is 0 Å². The van der Waals surface area contributed by atoms with Gasteiger partial charge in [-0.1, -0.05) is 11.6 Å². The van der Waals surface area contributed by atoms with Gasteiger partial charge in [-0.25, -0.2) is 9.59 Å². The van der Waals surface area contributed by atoms with Gasteiger partial charge in [0, 0.05) is 6.42 Å². The number of carbonyl (C=O) groups excluding carboxylic acids is 3. The van der Waals surface area contributed by atoms with Crippen molar-refractivity contribution in [3.05, 3.63) is 0 Å². The molecule has 0 heterocycles. The van der Waals surface area contributed by atoms with Gasteiger partial charge in [-0.3, -0.25) is 4.79 Å². The lowest BCUT2D eigenvalue weighted by Gasteiger charge is -2.22. The van der Waals surface area contributed by atoms with Gasteiger partial charge < -0.3 is 19.5 Å². The van der Waals surface area contributed by atoms with Crippen LogP contribution in [0, 0.1) is 0 Å². The van der Waals surface area contributed by atoms with Crippen LogP contribution in [-0.4, -0.2) is 42.9 Å². The highest BCUT2D eigenvalue weighted by atomic mass is 35.5. The quantitative estimate of drug-likeness (QED) is 0.455. The Hall–Kier alpha value is -1.50. The molecule has 1 unspecified atom stereocenters. The molecule has 8 heteroatoms. The molecule has 0 aliphatic heterocycles. The molecule has 0 aromatic rings. The number of ether oxygens (including phenoxy) is 3. The number of halogens is 1. The van der Waals surface area contributed by atoms with E-state index < -0.39 is 29.7 Å².